The van der Waals surface area contributed by atoms with Crippen molar-refractivity contribution in [2.24, 2.45) is 0 Å². The summed E-state index contributed by atoms with van der Waals surface area (Å²) in [5.74, 6) is 0.597. The molecule has 3 heteroatoms. The van der Waals surface area contributed by atoms with E-state index in [1.807, 2.05) is 18.2 Å². The fourth-order valence-electron chi connectivity index (χ4n) is 2.93. The molecule has 0 spiro atoms. The van der Waals surface area contributed by atoms with E-state index in [1.165, 1.54) is 16.7 Å². The van der Waals surface area contributed by atoms with Crippen molar-refractivity contribution in [1.82, 2.24) is 0 Å². The maximum absolute atomic E-state index is 12.5. The van der Waals surface area contributed by atoms with E-state index in [-0.39, 0.29) is 11.9 Å². The zero-order chi connectivity index (χ0) is 15.5. The van der Waals surface area contributed by atoms with Crippen LogP contribution in [-0.2, 0) is 17.8 Å². The summed E-state index contributed by atoms with van der Waals surface area (Å²) in [4.78, 5) is 12.5. The summed E-state index contributed by atoms with van der Waals surface area (Å²) in [6.45, 7) is 5.21. The zero-order valence-corrected chi connectivity index (χ0v) is 13.2. The Labute approximate surface area is 131 Å². The minimum absolute atomic E-state index is 0.0420. The van der Waals surface area contributed by atoms with Gasteiger partial charge in [-0.3, -0.25) is 4.79 Å². The first-order chi connectivity index (χ1) is 10.6. The number of quaternary nitrogens is 1. The highest BCUT2D eigenvalue weighted by atomic mass is 16.2. The second-order valence-electron chi connectivity index (χ2n) is 6.29. The number of hydrogen-bond acceptors (Lipinski definition) is 1. The molecular weight excluding hydrogens is 272 g/mol. The summed E-state index contributed by atoms with van der Waals surface area (Å²) in [5.41, 5.74) is 4.80. The van der Waals surface area contributed by atoms with Crippen LogP contribution in [-0.4, -0.2) is 11.9 Å². The highest BCUT2D eigenvalue weighted by Crippen LogP contribution is 2.18. The predicted molar refractivity (Wildman–Crippen MR) is 88.7 cm³/mol. The van der Waals surface area contributed by atoms with Gasteiger partial charge in [0.1, 0.15) is 6.54 Å². The molecule has 0 unspecified atom stereocenters. The first-order valence-corrected chi connectivity index (χ1v) is 7.94. The Balaban J connectivity index is 1.65. The van der Waals surface area contributed by atoms with Crippen molar-refractivity contribution in [3.63, 3.8) is 0 Å². The molecule has 0 bridgehead atoms. The number of nitrogens with two attached hydrogens (primary N) is 1. The summed E-state index contributed by atoms with van der Waals surface area (Å²) < 4.78 is 0. The van der Waals surface area contributed by atoms with Gasteiger partial charge < -0.3 is 10.6 Å². The second kappa shape index (κ2) is 6.32. The number of carbonyl (C=O) groups is 1. The average molecular weight is 295 g/mol. The minimum atomic E-state index is -0.0420. The van der Waals surface area contributed by atoms with E-state index >= 15 is 0 Å². The topological polar surface area (TPSA) is 45.7 Å². The number of fused-ring (bicyclic) bond motifs is 1. The molecule has 2 aromatic carbocycles. The molecule has 3 rings (SSSR count). The van der Waals surface area contributed by atoms with Crippen LogP contribution in [0, 0.1) is 0 Å². The number of anilines is 1. The van der Waals surface area contributed by atoms with Crippen molar-refractivity contribution in [2.45, 2.75) is 38.8 Å². The number of nitrogens with one attached hydrogen (secondary N) is 1. The summed E-state index contributed by atoms with van der Waals surface area (Å²) in [7, 11) is 0. The van der Waals surface area contributed by atoms with E-state index in [0.29, 0.717) is 5.92 Å². The van der Waals surface area contributed by atoms with Gasteiger partial charge in [0.25, 0.3) is 5.91 Å². The summed E-state index contributed by atoms with van der Waals surface area (Å²) >= 11 is 0. The molecule has 0 fully saturated rings. The van der Waals surface area contributed by atoms with E-state index in [1.54, 1.807) is 0 Å². The van der Waals surface area contributed by atoms with Crippen LogP contribution in [0.3, 0.4) is 0 Å². The summed E-state index contributed by atoms with van der Waals surface area (Å²) in [5, 5.41) is 5.16. The third kappa shape index (κ3) is 3.20. The van der Waals surface area contributed by atoms with Crippen molar-refractivity contribution in [3.8, 4) is 0 Å². The standard InChI is InChI=1S/C19H22N2O/c1-13(2)14-7-9-17(10-8-14)21-19(22)18-11-15-5-3-4-6-16(15)12-20-18/h3-10,13,18,20H,11-12H2,1-2H3,(H,21,22)/p+1/t18-/m0/s1. The highest BCUT2D eigenvalue weighted by Gasteiger charge is 2.27. The van der Waals surface area contributed by atoms with Gasteiger partial charge in [0.2, 0.25) is 0 Å². The third-order valence-corrected chi connectivity index (χ3v) is 4.36. The summed E-state index contributed by atoms with van der Waals surface area (Å²) in [6, 6.07) is 16.5. The van der Waals surface area contributed by atoms with Crippen molar-refractivity contribution in [1.29, 1.82) is 0 Å². The molecule has 0 aliphatic carbocycles. The molecule has 114 valence electrons. The molecule has 22 heavy (non-hydrogen) atoms. The molecule has 1 aliphatic rings. The maximum Gasteiger partial charge on any atom is 0.282 e. The maximum atomic E-state index is 12.5. The molecule has 1 amide bonds. The molecular formula is C19H23N2O+. The lowest BCUT2D eigenvalue weighted by Gasteiger charge is -2.22. The van der Waals surface area contributed by atoms with Crippen LogP contribution in [0.2, 0.25) is 0 Å². The van der Waals surface area contributed by atoms with Crippen LogP contribution in [0.5, 0.6) is 0 Å². The smallest absolute Gasteiger partial charge is 0.282 e. The molecule has 0 radical (unpaired) electrons. The molecule has 0 saturated heterocycles. The number of hydrogen-bond donors (Lipinski definition) is 2. The third-order valence-electron chi connectivity index (χ3n) is 4.36. The van der Waals surface area contributed by atoms with E-state index in [9.17, 15) is 4.79 Å². The fraction of sp³-hybridized carbons (Fsp3) is 0.316. The number of rotatable bonds is 3. The number of amides is 1. The van der Waals surface area contributed by atoms with Crippen molar-refractivity contribution >= 4 is 11.6 Å². The number of benzene rings is 2. The zero-order valence-electron chi connectivity index (χ0n) is 13.2. The SMILES string of the molecule is CC(C)c1ccc(NC(=O)[C@@H]2Cc3ccccc3C[NH2+]2)cc1. The van der Waals surface area contributed by atoms with Gasteiger partial charge in [-0.2, -0.15) is 0 Å². The van der Waals surface area contributed by atoms with Crippen LogP contribution < -0.4 is 10.6 Å². The van der Waals surface area contributed by atoms with E-state index in [2.05, 4.69) is 54.8 Å². The Kier molecular flexibility index (Phi) is 4.25. The van der Waals surface area contributed by atoms with Crippen molar-refractivity contribution < 1.29 is 10.1 Å². The lowest BCUT2D eigenvalue weighted by atomic mass is 9.95. The first-order valence-electron chi connectivity index (χ1n) is 7.94. The van der Waals surface area contributed by atoms with Gasteiger partial charge in [-0.25, -0.2) is 0 Å². The molecule has 1 heterocycles. The van der Waals surface area contributed by atoms with Gasteiger partial charge in [-0.1, -0.05) is 50.2 Å². The Morgan fingerprint density at radius 1 is 1.09 bits per heavy atom. The number of carbonyl (C=O) groups excluding carboxylic acids is 1. The summed E-state index contributed by atoms with van der Waals surface area (Å²) in [6.07, 6.45) is 0.798. The lowest BCUT2D eigenvalue weighted by molar-refractivity contribution is -0.694. The fourth-order valence-corrected chi connectivity index (χ4v) is 2.93. The lowest BCUT2D eigenvalue weighted by Crippen LogP contribution is -2.92. The second-order valence-corrected chi connectivity index (χ2v) is 6.29. The van der Waals surface area contributed by atoms with Crippen molar-refractivity contribution in [3.05, 3.63) is 65.2 Å². The Morgan fingerprint density at radius 3 is 2.45 bits per heavy atom. The highest BCUT2D eigenvalue weighted by molar-refractivity contribution is 5.94. The van der Waals surface area contributed by atoms with Crippen LogP contribution >= 0.6 is 0 Å². The quantitative estimate of drug-likeness (QED) is 0.897. The average Bonchev–Trinajstić information content (AvgIpc) is 2.55. The Hall–Kier alpha value is -2.13. The van der Waals surface area contributed by atoms with Gasteiger partial charge in [-0.05, 0) is 29.2 Å². The van der Waals surface area contributed by atoms with Gasteiger partial charge in [-0.15, -0.1) is 0 Å². The van der Waals surface area contributed by atoms with Gasteiger partial charge in [0.15, 0.2) is 6.04 Å². The molecule has 0 aromatic heterocycles. The molecule has 1 aliphatic heterocycles. The van der Waals surface area contributed by atoms with Crippen LogP contribution in [0.4, 0.5) is 5.69 Å². The molecule has 1 atom stereocenters. The molecule has 2 aromatic rings. The normalized spacial score (nSPS) is 17.1. The van der Waals surface area contributed by atoms with E-state index in [0.717, 1.165) is 18.7 Å². The van der Waals surface area contributed by atoms with Crippen LogP contribution in [0.15, 0.2) is 48.5 Å². The van der Waals surface area contributed by atoms with Gasteiger partial charge in [0, 0.05) is 17.7 Å². The van der Waals surface area contributed by atoms with Crippen LogP contribution in [0.25, 0.3) is 0 Å². The predicted octanol–water partition coefficient (Wildman–Crippen LogP) is 2.44. The first kappa shape index (κ1) is 14.8. The molecule has 3 N–H and O–H groups in total. The largest absolute Gasteiger partial charge is 0.332 e. The van der Waals surface area contributed by atoms with Gasteiger partial charge >= 0.3 is 0 Å². The monoisotopic (exact) mass is 295 g/mol. The minimum Gasteiger partial charge on any atom is -0.332 e. The van der Waals surface area contributed by atoms with E-state index < -0.39 is 0 Å². The van der Waals surface area contributed by atoms with Crippen LogP contribution in [0.1, 0.15) is 36.5 Å². The van der Waals surface area contributed by atoms with Gasteiger partial charge in [0.05, 0.1) is 0 Å². The Bertz CT molecular complexity index is 661. The Morgan fingerprint density at radius 2 is 1.77 bits per heavy atom. The van der Waals surface area contributed by atoms with Crippen molar-refractivity contribution in [2.75, 3.05) is 5.32 Å². The molecule has 3 nitrogen and oxygen atoms in total. The van der Waals surface area contributed by atoms with E-state index in [4.69, 9.17) is 0 Å². The molecule has 0 saturated carbocycles.